The minimum absolute atomic E-state index is 0.213. The normalized spacial score (nSPS) is 18.4. The Labute approximate surface area is 121 Å². The fourth-order valence-electron chi connectivity index (χ4n) is 3.47. The van der Waals surface area contributed by atoms with Crippen LogP contribution in [0.5, 0.6) is 0 Å². The summed E-state index contributed by atoms with van der Waals surface area (Å²) in [6, 6.07) is 6.41. The van der Waals surface area contributed by atoms with Crippen LogP contribution in [0.2, 0.25) is 0 Å². The molecule has 1 fully saturated rings. The number of hydrogen-bond acceptors (Lipinski definition) is 2. The number of rotatable bonds is 4. The van der Waals surface area contributed by atoms with Gasteiger partial charge in [-0.15, -0.1) is 0 Å². The molecule has 3 heteroatoms. The average molecular weight is 272 g/mol. The molecule has 0 saturated heterocycles. The molecule has 20 heavy (non-hydrogen) atoms. The zero-order valence-electron chi connectivity index (χ0n) is 12.1. The third kappa shape index (κ3) is 3.14. The van der Waals surface area contributed by atoms with E-state index in [4.69, 9.17) is 0 Å². The lowest BCUT2D eigenvalue weighted by Gasteiger charge is -2.21. The summed E-state index contributed by atoms with van der Waals surface area (Å²) in [4.78, 5) is 12.0. The van der Waals surface area contributed by atoms with Gasteiger partial charge in [0.25, 0.3) is 0 Å². The smallest absolute Gasteiger partial charge is 0.220 e. The highest BCUT2D eigenvalue weighted by Crippen LogP contribution is 2.28. The maximum absolute atomic E-state index is 12.0. The average Bonchev–Trinajstić information content (AvgIpc) is 2.98. The van der Waals surface area contributed by atoms with Crippen LogP contribution in [-0.4, -0.2) is 12.5 Å². The molecular formula is C17H24N2O. The van der Waals surface area contributed by atoms with Crippen molar-refractivity contribution in [2.75, 3.05) is 11.9 Å². The van der Waals surface area contributed by atoms with Crippen LogP contribution in [0, 0.1) is 5.92 Å². The molecule has 1 aliphatic heterocycles. The van der Waals surface area contributed by atoms with E-state index in [1.165, 1.54) is 48.9 Å². The largest absolute Gasteiger partial charge is 0.385 e. The summed E-state index contributed by atoms with van der Waals surface area (Å²) in [6.07, 6.45) is 8.12. The molecule has 3 nitrogen and oxygen atoms in total. The van der Waals surface area contributed by atoms with E-state index in [0.717, 1.165) is 13.0 Å². The van der Waals surface area contributed by atoms with Crippen LogP contribution in [0.25, 0.3) is 0 Å². The lowest BCUT2D eigenvalue weighted by Crippen LogP contribution is -2.25. The van der Waals surface area contributed by atoms with E-state index in [1.807, 2.05) is 0 Å². The Morgan fingerprint density at radius 1 is 1.25 bits per heavy atom. The first-order chi connectivity index (χ1) is 9.83. The highest BCUT2D eigenvalue weighted by molar-refractivity contribution is 5.76. The molecule has 0 bridgehead atoms. The van der Waals surface area contributed by atoms with Gasteiger partial charge in [0.15, 0.2) is 0 Å². The Bertz CT molecular complexity index is 478. The molecular weight excluding hydrogens is 248 g/mol. The molecule has 1 aromatic rings. The zero-order valence-corrected chi connectivity index (χ0v) is 12.1. The van der Waals surface area contributed by atoms with E-state index in [1.54, 1.807) is 0 Å². The van der Waals surface area contributed by atoms with Gasteiger partial charge in [-0.1, -0.05) is 31.0 Å². The van der Waals surface area contributed by atoms with Crippen molar-refractivity contribution in [1.29, 1.82) is 0 Å². The molecule has 0 atom stereocenters. The summed E-state index contributed by atoms with van der Waals surface area (Å²) < 4.78 is 0. The van der Waals surface area contributed by atoms with Gasteiger partial charge in [-0.25, -0.2) is 0 Å². The van der Waals surface area contributed by atoms with Gasteiger partial charge in [-0.2, -0.15) is 0 Å². The Morgan fingerprint density at radius 3 is 2.95 bits per heavy atom. The van der Waals surface area contributed by atoms with E-state index < -0.39 is 0 Å². The fraction of sp³-hybridized carbons (Fsp3) is 0.588. The van der Waals surface area contributed by atoms with E-state index in [0.29, 0.717) is 18.9 Å². The number of para-hydroxylation sites is 1. The second kappa shape index (κ2) is 6.29. The van der Waals surface area contributed by atoms with Crippen molar-refractivity contribution in [3.63, 3.8) is 0 Å². The van der Waals surface area contributed by atoms with E-state index in [9.17, 15) is 4.79 Å². The lowest BCUT2D eigenvalue weighted by molar-refractivity contribution is -0.122. The number of hydrogen-bond donors (Lipinski definition) is 2. The van der Waals surface area contributed by atoms with Crippen molar-refractivity contribution in [2.45, 2.75) is 51.5 Å². The van der Waals surface area contributed by atoms with Crippen LogP contribution in [-0.2, 0) is 17.8 Å². The molecule has 0 aromatic heterocycles. The molecule has 1 aromatic carbocycles. The molecule has 2 aliphatic rings. The predicted molar refractivity (Wildman–Crippen MR) is 81.7 cm³/mol. The number of aryl methyl sites for hydroxylation is 1. The Balaban J connectivity index is 1.56. The SMILES string of the molecule is O=C(CC1CCCC1)NCc1cccc2c1NCCC2. The second-order valence-corrected chi connectivity index (χ2v) is 6.11. The van der Waals surface area contributed by atoms with Gasteiger partial charge in [0.05, 0.1) is 0 Å². The third-order valence-corrected chi connectivity index (χ3v) is 4.59. The number of carbonyl (C=O) groups is 1. The van der Waals surface area contributed by atoms with Crippen molar-refractivity contribution in [3.8, 4) is 0 Å². The summed E-state index contributed by atoms with van der Waals surface area (Å²) in [5.41, 5.74) is 3.86. The van der Waals surface area contributed by atoms with E-state index in [-0.39, 0.29) is 5.91 Å². The van der Waals surface area contributed by atoms with Gasteiger partial charge in [0.1, 0.15) is 0 Å². The molecule has 1 saturated carbocycles. The van der Waals surface area contributed by atoms with Crippen LogP contribution in [0.15, 0.2) is 18.2 Å². The maximum atomic E-state index is 12.0. The first kappa shape index (κ1) is 13.5. The highest BCUT2D eigenvalue weighted by atomic mass is 16.1. The highest BCUT2D eigenvalue weighted by Gasteiger charge is 2.18. The maximum Gasteiger partial charge on any atom is 0.220 e. The first-order valence-electron chi connectivity index (χ1n) is 7.94. The van der Waals surface area contributed by atoms with Crippen LogP contribution in [0.3, 0.4) is 0 Å². The fourth-order valence-corrected chi connectivity index (χ4v) is 3.47. The van der Waals surface area contributed by atoms with Gasteiger partial charge in [0, 0.05) is 25.2 Å². The van der Waals surface area contributed by atoms with Gasteiger partial charge >= 0.3 is 0 Å². The van der Waals surface area contributed by atoms with Crippen LogP contribution in [0.1, 0.15) is 49.7 Å². The van der Waals surface area contributed by atoms with Crippen LogP contribution in [0.4, 0.5) is 5.69 Å². The Morgan fingerprint density at radius 2 is 2.10 bits per heavy atom. The quantitative estimate of drug-likeness (QED) is 0.883. The molecule has 1 heterocycles. The summed E-state index contributed by atoms with van der Waals surface area (Å²) in [5, 5.41) is 6.57. The molecule has 0 unspecified atom stereocenters. The van der Waals surface area contributed by atoms with Crippen molar-refractivity contribution in [3.05, 3.63) is 29.3 Å². The van der Waals surface area contributed by atoms with Crippen molar-refractivity contribution >= 4 is 11.6 Å². The van der Waals surface area contributed by atoms with Gasteiger partial charge in [0.2, 0.25) is 5.91 Å². The standard InChI is InChI=1S/C17H24N2O/c20-16(11-13-5-1-2-6-13)19-12-15-8-3-7-14-9-4-10-18-17(14)15/h3,7-8,13,18H,1-2,4-6,9-12H2,(H,19,20). The number of nitrogens with one attached hydrogen (secondary N) is 2. The van der Waals surface area contributed by atoms with Crippen molar-refractivity contribution in [2.24, 2.45) is 5.92 Å². The molecule has 2 N–H and O–H groups in total. The second-order valence-electron chi connectivity index (χ2n) is 6.11. The van der Waals surface area contributed by atoms with Gasteiger partial charge in [-0.05, 0) is 42.7 Å². The first-order valence-corrected chi connectivity index (χ1v) is 7.94. The number of anilines is 1. The summed E-state index contributed by atoms with van der Waals surface area (Å²) >= 11 is 0. The molecule has 0 spiro atoms. The zero-order chi connectivity index (χ0) is 13.8. The van der Waals surface area contributed by atoms with E-state index in [2.05, 4.69) is 28.8 Å². The minimum Gasteiger partial charge on any atom is -0.385 e. The number of fused-ring (bicyclic) bond motifs is 1. The summed E-state index contributed by atoms with van der Waals surface area (Å²) in [5.74, 6) is 0.836. The van der Waals surface area contributed by atoms with Crippen molar-refractivity contribution < 1.29 is 4.79 Å². The molecule has 108 valence electrons. The van der Waals surface area contributed by atoms with Crippen molar-refractivity contribution in [1.82, 2.24) is 5.32 Å². The van der Waals surface area contributed by atoms with Gasteiger partial charge in [-0.3, -0.25) is 4.79 Å². The van der Waals surface area contributed by atoms with Gasteiger partial charge < -0.3 is 10.6 Å². The topological polar surface area (TPSA) is 41.1 Å². The Kier molecular flexibility index (Phi) is 4.24. The number of amides is 1. The van der Waals surface area contributed by atoms with E-state index >= 15 is 0 Å². The summed E-state index contributed by atoms with van der Waals surface area (Å²) in [7, 11) is 0. The molecule has 1 amide bonds. The molecule has 3 rings (SSSR count). The lowest BCUT2D eigenvalue weighted by atomic mass is 9.99. The number of benzene rings is 1. The minimum atomic E-state index is 0.213. The Hall–Kier alpha value is -1.51. The summed E-state index contributed by atoms with van der Waals surface area (Å²) in [6.45, 7) is 1.70. The monoisotopic (exact) mass is 272 g/mol. The number of carbonyl (C=O) groups excluding carboxylic acids is 1. The van der Waals surface area contributed by atoms with Crippen LogP contribution >= 0.6 is 0 Å². The predicted octanol–water partition coefficient (Wildman–Crippen LogP) is 3.24. The third-order valence-electron chi connectivity index (χ3n) is 4.59. The molecule has 1 aliphatic carbocycles. The van der Waals surface area contributed by atoms with Crippen LogP contribution < -0.4 is 10.6 Å². The molecule has 0 radical (unpaired) electrons.